The van der Waals surface area contributed by atoms with Gasteiger partial charge in [0.15, 0.2) is 0 Å². The van der Waals surface area contributed by atoms with Crippen molar-refractivity contribution in [3.63, 3.8) is 0 Å². The lowest BCUT2D eigenvalue weighted by molar-refractivity contribution is -0.112. The monoisotopic (exact) mass is 345 g/mol. The van der Waals surface area contributed by atoms with Gasteiger partial charge in [-0.3, -0.25) is 4.79 Å². The number of nitrogens with zero attached hydrogens (tertiary/aromatic N) is 1. The Balaban J connectivity index is 2.12. The van der Waals surface area contributed by atoms with E-state index >= 15 is 0 Å². The van der Waals surface area contributed by atoms with Crippen LogP contribution in [0.1, 0.15) is 5.56 Å². The van der Waals surface area contributed by atoms with Crippen LogP contribution in [0.5, 0.6) is 0 Å². The predicted octanol–water partition coefficient (Wildman–Crippen LogP) is 4.76. The van der Waals surface area contributed by atoms with Crippen LogP contribution < -0.4 is 10.6 Å². The molecule has 0 aromatic heterocycles. The van der Waals surface area contributed by atoms with E-state index in [9.17, 15) is 4.79 Å². The average molecular weight is 346 g/mol. The fraction of sp³-hybridized carbons (Fsp3) is 0.0588. The van der Waals surface area contributed by atoms with E-state index in [0.717, 1.165) is 11.3 Å². The van der Waals surface area contributed by atoms with Crippen molar-refractivity contribution in [3.8, 4) is 6.07 Å². The van der Waals surface area contributed by atoms with Gasteiger partial charge < -0.3 is 10.6 Å². The number of anilines is 2. The number of nitrogens with one attached hydrogen (secondary N) is 2. The molecule has 0 fully saturated rings. The molecule has 0 aliphatic carbocycles. The molecule has 0 spiro atoms. The minimum atomic E-state index is -0.520. The highest BCUT2D eigenvalue weighted by atomic mass is 35.5. The molecule has 0 radical (unpaired) electrons. The van der Waals surface area contributed by atoms with Crippen LogP contribution >= 0.6 is 23.2 Å². The standard InChI is InChI=1S/C17H13Cl2N3O/c1-11-7-14(19)5-6-16(11)21-10-12(9-20)17(23)22-15-4-2-3-13(18)8-15/h2-8,10,21H,1H3,(H,22,23). The van der Waals surface area contributed by atoms with Crippen molar-refractivity contribution in [1.82, 2.24) is 0 Å². The Morgan fingerprint density at radius 3 is 2.57 bits per heavy atom. The lowest BCUT2D eigenvalue weighted by Gasteiger charge is -2.07. The smallest absolute Gasteiger partial charge is 0.267 e. The molecule has 0 saturated carbocycles. The summed E-state index contributed by atoms with van der Waals surface area (Å²) in [7, 11) is 0. The number of aryl methyl sites for hydroxylation is 1. The van der Waals surface area contributed by atoms with Gasteiger partial charge in [-0.15, -0.1) is 0 Å². The van der Waals surface area contributed by atoms with Crippen molar-refractivity contribution in [1.29, 1.82) is 5.26 Å². The first-order valence-electron chi connectivity index (χ1n) is 6.69. The van der Waals surface area contributed by atoms with Crippen molar-refractivity contribution >= 4 is 40.5 Å². The van der Waals surface area contributed by atoms with Gasteiger partial charge >= 0.3 is 0 Å². The fourth-order valence-corrected chi connectivity index (χ4v) is 2.27. The Morgan fingerprint density at radius 2 is 1.91 bits per heavy atom. The molecular formula is C17H13Cl2N3O. The lowest BCUT2D eigenvalue weighted by atomic mass is 10.2. The molecule has 23 heavy (non-hydrogen) atoms. The number of benzene rings is 2. The number of hydrogen-bond acceptors (Lipinski definition) is 3. The summed E-state index contributed by atoms with van der Waals surface area (Å²) in [6, 6.07) is 13.9. The number of halogens is 2. The molecule has 4 nitrogen and oxygen atoms in total. The molecule has 2 rings (SSSR count). The molecule has 0 saturated heterocycles. The Hall–Kier alpha value is -2.48. The zero-order chi connectivity index (χ0) is 16.8. The lowest BCUT2D eigenvalue weighted by Crippen LogP contribution is -2.14. The van der Waals surface area contributed by atoms with Crippen molar-refractivity contribution in [2.45, 2.75) is 6.92 Å². The first-order chi connectivity index (χ1) is 11.0. The fourth-order valence-electron chi connectivity index (χ4n) is 1.85. The number of carbonyl (C=O) groups excluding carboxylic acids is 1. The molecule has 0 bridgehead atoms. The summed E-state index contributed by atoms with van der Waals surface area (Å²) < 4.78 is 0. The predicted molar refractivity (Wildman–Crippen MR) is 93.6 cm³/mol. The van der Waals surface area contributed by atoms with Gasteiger partial charge in [0.25, 0.3) is 5.91 Å². The molecule has 1 amide bonds. The molecule has 116 valence electrons. The Bertz CT molecular complexity index is 810. The van der Waals surface area contributed by atoms with Gasteiger partial charge in [-0.25, -0.2) is 0 Å². The van der Waals surface area contributed by atoms with Crippen LogP contribution in [0.25, 0.3) is 0 Å². The summed E-state index contributed by atoms with van der Waals surface area (Å²) in [5, 5.41) is 15.8. The quantitative estimate of drug-likeness (QED) is 0.620. The Labute approximate surface area is 144 Å². The minimum absolute atomic E-state index is 0.0562. The highest BCUT2D eigenvalue weighted by molar-refractivity contribution is 6.31. The van der Waals surface area contributed by atoms with Crippen LogP contribution in [0.3, 0.4) is 0 Å². The van der Waals surface area contributed by atoms with Crippen LogP contribution in [0, 0.1) is 18.3 Å². The molecule has 2 N–H and O–H groups in total. The first-order valence-corrected chi connectivity index (χ1v) is 7.45. The second kappa shape index (κ2) is 7.68. The van der Waals surface area contributed by atoms with Crippen LogP contribution in [-0.4, -0.2) is 5.91 Å². The maximum absolute atomic E-state index is 12.1. The number of rotatable bonds is 4. The zero-order valence-corrected chi connectivity index (χ0v) is 13.7. The summed E-state index contributed by atoms with van der Waals surface area (Å²) in [4.78, 5) is 12.1. The molecule has 0 aliphatic heterocycles. The Morgan fingerprint density at radius 1 is 1.17 bits per heavy atom. The highest BCUT2D eigenvalue weighted by Crippen LogP contribution is 2.20. The molecule has 0 heterocycles. The third kappa shape index (κ3) is 4.75. The van der Waals surface area contributed by atoms with Crippen molar-refractivity contribution in [2.75, 3.05) is 10.6 Å². The number of amides is 1. The van der Waals surface area contributed by atoms with Crippen molar-refractivity contribution in [2.24, 2.45) is 0 Å². The normalized spacial score (nSPS) is 10.8. The maximum Gasteiger partial charge on any atom is 0.267 e. The summed E-state index contributed by atoms with van der Waals surface area (Å²) in [5.74, 6) is -0.520. The number of carbonyl (C=O) groups is 1. The van der Waals surface area contributed by atoms with E-state index in [1.807, 2.05) is 13.0 Å². The third-order valence-corrected chi connectivity index (χ3v) is 3.48. The molecule has 0 aliphatic rings. The van der Waals surface area contributed by atoms with Gasteiger partial charge in [0, 0.05) is 27.6 Å². The van der Waals surface area contributed by atoms with E-state index in [1.54, 1.807) is 42.5 Å². The van der Waals surface area contributed by atoms with Gasteiger partial charge in [-0.1, -0.05) is 29.3 Å². The van der Waals surface area contributed by atoms with Crippen LogP contribution in [0.2, 0.25) is 10.0 Å². The Kier molecular flexibility index (Phi) is 5.64. The largest absolute Gasteiger partial charge is 0.360 e. The third-order valence-electron chi connectivity index (χ3n) is 3.01. The molecule has 6 heteroatoms. The summed E-state index contributed by atoms with van der Waals surface area (Å²) in [5.41, 5.74) is 2.13. The van der Waals surface area contributed by atoms with Crippen molar-refractivity contribution < 1.29 is 4.79 Å². The van der Waals surface area contributed by atoms with Crippen LogP contribution in [0.4, 0.5) is 11.4 Å². The molecule has 0 unspecified atom stereocenters. The van der Waals surface area contributed by atoms with E-state index < -0.39 is 5.91 Å². The summed E-state index contributed by atoms with van der Waals surface area (Å²) >= 11 is 11.7. The van der Waals surface area contributed by atoms with Crippen LogP contribution in [-0.2, 0) is 4.79 Å². The van der Waals surface area contributed by atoms with Gasteiger partial charge in [0.1, 0.15) is 11.6 Å². The van der Waals surface area contributed by atoms with E-state index in [2.05, 4.69) is 10.6 Å². The van der Waals surface area contributed by atoms with Crippen molar-refractivity contribution in [3.05, 3.63) is 69.8 Å². The number of hydrogen-bond donors (Lipinski definition) is 2. The van der Waals surface area contributed by atoms with E-state index in [-0.39, 0.29) is 5.57 Å². The summed E-state index contributed by atoms with van der Waals surface area (Å²) in [6.45, 7) is 1.88. The SMILES string of the molecule is Cc1cc(Cl)ccc1NC=C(C#N)C(=O)Nc1cccc(Cl)c1. The first kappa shape index (κ1) is 16.9. The average Bonchev–Trinajstić information content (AvgIpc) is 2.49. The second-order valence-electron chi connectivity index (χ2n) is 4.74. The maximum atomic E-state index is 12.1. The van der Waals surface area contributed by atoms with Gasteiger partial charge in [0.2, 0.25) is 0 Å². The van der Waals surface area contributed by atoms with Gasteiger partial charge in [-0.05, 0) is 48.9 Å². The molecule has 0 atom stereocenters. The molecular weight excluding hydrogens is 333 g/mol. The van der Waals surface area contributed by atoms with E-state index in [4.69, 9.17) is 28.5 Å². The zero-order valence-electron chi connectivity index (χ0n) is 12.2. The molecule has 2 aromatic carbocycles. The summed E-state index contributed by atoms with van der Waals surface area (Å²) in [6.07, 6.45) is 1.36. The minimum Gasteiger partial charge on any atom is -0.360 e. The highest BCUT2D eigenvalue weighted by Gasteiger charge is 2.09. The van der Waals surface area contributed by atoms with Gasteiger partial charge in [0.05, 0.1) is 0 Å². The second-order valence-corrected chi connectivity index (χ2v) is 5.61. The molecule has 2 aromatic rings. The topological polar surface area (TPSA) is 64.9 Å². The van der Waals surface area contributed by atoms with Gasteiger partial charge in [-0.2, -0.15) is 5.26 Å². The van der Waals surface area contributed by atoms with E-state index in [0.29, 0.717) is 15.7 Å². The number of nitriles is 1. The van der Waals surface area contributed by atoms with Crippen LogP contribution in [0.15, 0.2) is 54.2 Å². The van der Waals surface area contributed by atoms with E-state index in [1.165, 1.54) is 6.20 Å².